The molecule has 1 heterocycles. The zero-order chi connectivity index (χ0) is 15.3. The van der Waals surface area contributed by atoms with E-state index in [-0.39, 0.29) is 23.5 Å². The van der Waals surface area contributed by atoms with Crippen molar-refractivity contribution in [2.45, 2.75) is 58.7 Å². The molecule has 0 aromatic carbocycles. The molecule has 1 aliphatic rings. The van der Waals surface area contributed by atoms with Crippen LogP contribution in [0.15, 0.2) is 0 Å². The van der Waals surface area contributed by atoms with E-state index in [0.29, 0.717) is 0 Å². The Balaban J connectivity index is 2.34. The van der Waals surface area contributed by atoms with Gasteiger partial charge in [0.2, 0.25) is 5.91 Å². The van der Waals surface area contributed by atoms with Crippen molar-refractivity contribution in [3.05, 3.63) is 0 Å². The molecule has 0 bridgehead atoms. The van der Waals surface area contributed by atoms with Gasteiger partial charge in [-0.3, -0.25) is 9.69 Å². The van der Waals surface area contributed by atoms with Crippen LogP contribution in [0.1, 0.15) is 41.0 Å². The minimum Gasteiger partial charge on any atom is -0.368 e. The molecule has 1 atom stereocenters. The number of piperazine rings is 1. The Morgan fingerprint density at radius 1 is 1.20 bits per heavy atom. The van der Waals surface area contributed by atoms with Crippen LogP contribution in [-0.2, 0) is 4.79 Å². The molecule has 1 unspecified atom stereocenters. The van der Waals surface area contributed by atoms with Gasteiger partial charge in [-0.1, -0.05) is 13.8 Å². The summed E-state index contributed by atoms with van der Waals surface area (Å²) in [7, 11) is 0. The third kappa shape index (κ3) is 5.77. The van der Waals surface area contributed by atoms with Crippen molar-refractivity contribution in [3.8, 4) is 0 Å². The molecule has 5 heteroatoms. The molecule has 0 aromatic rings. The number of carbonyl (C=O) groups excluding carboxylic acids is 1. The number of primary amides is 1. The Bertz CT molecular complexity index is 303. The molecule has 20 heavy (non-hydrogen) atoms. The summed E-state index contributed by atoms with van der Waals surface area (Å²) in [4.78, 5) is 16.4. The Morgan fingerprint density at radius 2 is 1.75 bits per heavy atom. The predicted molar refractivity (Wildman–Crippen MR) is 83.6 cm³/mol. The van der Waals surface area contributed by atoms with Crippen molar-refractivity contribution in [3.63, 3.8) is 0 Å². The van der Waals surface area contributed by atoms with Crippen LogP contribution >= 0.6 is 0 Å². The van der Waals surface area contributed by atoms with Gasteiger partial charge in [0.25, 0.3) is 0 Å². The van der Waals surface area contributed by atoms with Gasteiger partial charge in [0.15, 0.2) is 0 Å². The average molecular weight is 284 g/mol. The van der Waals surface area contributed by atoms with Gasteiger partial charge in [0.05, 0.1) is 6.04 Å². The fourth-order valence-corrected chi connectivity index (χ4v) is 2.66. The molecule has 1 aliphatic heterocycles. The fourth-order valence-electron chi connectivity index (χ4n) is 2.66. The number of carbonyl (C=O) groups is 1. The molecule has 118 valence electrons. The molecular formula is C15H32N4O. The molecule has 0 aliphatic carbocycles. The highest BCUT2D eigenvalue weighted by Crippen LogP contribution is 2.15. The standard InChI is InChI=1S/C15H32N4O/c1-12(2)17-13(14(16)20)6-7-18-8-10-19(11-9-18)15(3,4)5/h12-13,17H,6-11H2,1-5H3,(H2,16,20). The van der Waals surface area contributed by atoms with Gasteiger partial charge in [-0.15, -0.1) is 0 Å². The first-order valence-corrected chi connectivity index (χ1v) is 7.73. The maximum Gasteiger partial charge on any atom is 0.234 e. The van der Waals surface area contributed by atoms with Gasteiger partial charge >= 0.3 is 0 Å². The van der Waals surface area contributed by atoms with E-state index in [1.165, 1.54) is 0 Å². The van der Waals surface area contributed by atoms with Gasteiger partial charge in [-0.2, -0.15) is 0 Å². The van der Waals surface area contributed by atoms with Gasteiger partial charge in [-0.05, 0) is 27.2 Å². The van der Waals surface area contributed by atoms with Crippen molar-refractivity contribution in [1.82, 2.24) is 15.1 Å². The summed E-state index contributed by atoms with van der Waals surface area (Å²) in [6, 6.07) is 0.0703. The third-order valence-corrected chi connectivity index (χ3v) is 3.93. The zero-order valence-corrected chi connectivity index (χ0v) is 13.8. The fraction of sp³-hybridized carbons (Fsp3) is 0.933. The van der Waals surface area contributed by atoms with Crippen molar-refractivity contribution in [2.24, 2.45) is 5.73 Å². The summed E-state index contributed by atoms with van der Waals surface area (Å²) in [6.45, 7) is 16.1. The molecule has 3 N–H and O–H groups in total. The van der Waals surface area contributed by atoms with Crippen LogP contribution in [-0.4, -0.2) is 66.1 Å². The van der Waals surface area contributed by atoms with Gasteiger partial charge in [0, 0.05) is 44.3 Å². The molecule has 0 aromatic heterocycles. The Morgan fingerprint density at radius 3 is 2.15 bits per heavy atom. The van der Waals surface area contributed by atoms with E-state index in [2.05, 4.69) is 35.9 Å². The highest BCUT2D eigenvalue weighted by atomic mass is 16.1. The van der Waals surface area contributed by atoms with Crippen LogP contribution in [0.5, 0.6) is 0 Å². The summed E-state index contributed by atoms with van der Waals surface area (Å²) >= 11 is 0. The van der Waals surface area contributed by atoms with Gasteiger partial charge in [-0.25, -0.2) is 0 Å². The molecule has 0 spiro atoms. The summed E-state index contributed by atoms with van der Waals surface area (Å²) in [5, 5.41) is 3.24. The number of nitrogens with one attached hydrogen (secondary N) is 1. The maximum atomic E-state index is 11.4. The molecule has 1 fully saturated rings. The summed E-state index contributed by atoms with van der Waals surface area (Å²) < 4.78 is 0. The number of amides is 1. The first kappa shape index (κ1) is 17.4. The number of hydrogen-bond donors (Lipinski definition) is 2. The quantitative estimate of drug-likeness (QED) is 0.751. The SMILES string of the molecule is CC(C)NC(CCN1CCN(C(C)(C)C)CC1)C(N)=O. The van der Waals surface area contributed by atoms with Gasteiger partial charge < -0.3 is 16.0 Å². The van der Waals surface area contributed by atoms with E-state index < -0.39 is 0 Å². The van der Waals surface area contributed by atoms with Crippen LogP contribution < -0.4 is 11.1 Å². The highest BCUT2D eigenvalue weighted by molar-refractivity contribution is 5.79. The van der Waals surface area contributed by atoms with Crippen LogP contribution in [0.3, 0.4) is 0 Å². The molecule has 0 saturated carbocycles. The van der Waals surface area contributed by atoms with Crippen LogP contribution in [0, 0.1) is 0 Å². The molecule has 1 amide bonds. The van der Waals surface area contributed by atoms with Crippen molar-refractivity contribution in [1.29, 1.82) is 0 Å². The normalized spacial score (nSPS) is 20.3. The van der Waals surface area contributed by atoms with Crippen LogP contribution in [0.4, 0.5) is 0 Å². The first-order valence-electron chi connectivity index (χ1n) is 7.73. The van der Waals surface area contributed by atoms with E-state index in [0.717, 1.165) is 39.1 Å². The zero-order valence-electron chi connectivity index (χ0n) is 13.8. The molecular weight excluding hydrogens is 252 g/mol. The average Bonchev–Trinajstić information content (AvgIpc) is 2.33. The smallest absolute Gasteiger partial charge is 0.234 e. The lowest BCUT2D eigenvalue weighted by Crippen LogP contribution is -2.54. The van der Waals surface area contributed by atoms with Crippen molar-refractivity contribution >= 4 is 5.91 Å². The van der Waals surface area contributed by atoms with E-state index in [1.54, 1.807) is 0 Å². The Kier molecular flexibility index (Phi) is 6.43. The number of hydrogen-bond acceptors (Lipinski definition) is 4. The van der Waals surface area contributed by atoms with E-state index in [9.17, 15) is 4.79 Å². The summed E-state index contributed by atoms with van der Waals surface area (Å²) in [6.07, 6.45) is 0.795. The Labute approximate surface area is 123 Å². The second kappa shape index (κ2) is 7.38. The van der Waals surface area contributed by atoms with Crippen molar-refractivity contribution < 1.29 is 4.79 Å². The largest absolute Gasteiger partial charge is 0.368 e. The van der Waals surface area contributed by atoms with Gasteiger partial charge in [0.1, 0.15) is 0 Å². The van der Waals surface area contributed by atoms with E-state index in [1.807, 2.05) is 13.8 Å². The minimum absolute atomic E-state index is 0.212. The summed E-state index contributed by atoms with van der Waals surface area (Å²) in [5.41, 5.74) is 5.70. The second-order valence-electron chi connectivity index (χ2n) is 7.06. The van der Waals surface area contributed by atoms with E-state index >= 15 is 0 Å². The minimum atomic E-state index is -0.243. The maximum absolute atomic E-state index is 11.4. The van der Waals surface area contributed by atoms with Crippen LogP contribution in [0.2, 0.25) is 0 Å². The third-order valence-electron chi connectivity index (χ3n) is 3.93. The molecule has 5 nitrogen and oxygen atoms in total. The van der Waals surface area contributed by atoms with Crippen molar-refractivity contribution in [2.75, 3.05) is 32.7 Å². The summed E-state index contributed by atoms with van der Waals surface area (Å²) in [5.74, 6) is -0.243. The lowest BCUT2D eigenvalue weighted by atomic mass is 10.0. The lowest BCUT2D eigenvalue weighted by molar-refractivity contribution is -0.120. The highest BCUT2D eigenvalue weighted by Gasteiger charge is 2.26. The van der Waals surface area contributed by atoms with Crippen LogP contribution in [0.25, 0.3) is 0 Å². The topological polar surface area (TPSA) is 61.6 Å². The molecule has 0 radical (unpaired) electrons. The molecule has 1 saturated heterocycles. The Hall–Kier alpha value is -0.650. The molecule has 1 rings (SSSR count). The lowest BCUT2D eigenvalue weighted by Gasteiger charge is -2.42. The number of nitrogens with two attached hydrogens (primary N) is 1. The number of nitrogens with zero attached hydrogens (tertiary/aromatic N) is 2. The monoisotopic (exact) mass is 284 g/mol. The second-order valence-corrected chi connectivity index (χ2v) is 7.06. The predicted octanol–water partition coefficient (Wildman–Crippen LogP) is 0.645. The first-order chi connectivity index (χ1) is 9.20. The number of rotatable bonds is 6. The van der Waals surface area contributed by atoms with E-state index in [4.69, 9.17) is 5.73 Å².